The Balaban J connectivity index is 2.04. The first-order valence-electron chi connectivity index (χ1n) is 13.3. The second-order valence-electron chi connectivity index (χ2n) is 9.67. The van der Waals surface area contributed by atoms with E-state index in [0.717, 1.165) is 36.4 Å². The molecule has 0 radical (unpaired) electrons. The Labute approximate surface area is 235 Å². The van der Waals surface area contributed by atoms with Gasteiger partial charge in [-0.2, -0.15) is 0 Å². The van der Waals surface area contributed by atoms with E-state index in [1.54, 1.807) is 19.3 Å². The van der Waals surface area contributed by atoms with Gasteiger partial charge in [0.15, 0.2) is 0 Å². The van der Waals surface area contributed by atoms with Gasteiger partial charge in [0.1, 0.15) is 5.82 Å². The molecule has 0 bridgehead atoms. The number of aliphatic imine (C=N–C) groups is 1. The Morgan fingerprint density at radius 1 is 1.25 bits per heavy atom. The number of benzene rings is 2. The number of nitrogens with two attached hydrogens (primary N) is 1. The van der Waals surface area contributed by atoms with Crippen LogP contribution in [0, 0.1) is 11.7 Å². The van der Waals surface area contributed by atoms with Crippen LogP contribution in [0.4, 0.5) is 33.1 Å². The van der Waals surface area contributed by atoms with Crippen molar-refractivity contribution in [3.8, 4) is 11.3 Å². The van der Waals surface area contributed by atoms with Crippen LogP contribution < -0.4 is 26.6 Å². The first kappa shape index (κ1) is 30.2. The summed E-state index contributed by atoms with van der Waals surface area (Å²) in [5.74, 6) is -0.449. The fourth-order valence-corrected chi connectivity index (χ4v) is 4.41. The van der Waals surface area contributed by atoms with Crippen molar-refractivity contribution in [1.82, 2.24) is 15.3 Å². The van der Waals surface area contributed by atoms with Gasteiger partial charge in [-0.15, -0.1) is 0 Å². The molecule has 5 N–H and O–H groups in total. The molecule has 0 saturated heterocycles. The number of rotatable bonds is 12. The molecule has 0 aliphatic rings. The molecular weight excluding hydrogens is 507 g/mol. The predicted octanol–water partition coefficient (Wildman–Crippen LogP) is 5.03. The molecule has 0 aliphatic heterocycles. The smallest absolute Gasteiger partial charge is 0.247 e. The minimum absolute atomic E-state index is 0.0620. The number of aryl methyl sites for hydroxylation is 1. The third-order valence-corrected chi connectivity index (χ3v) is 6.55. The van der Waals surface area contributed by atoms with E-state index in [-0.39, 0.29) is 17.5 Å². The highest BCUT2D eigenvalue weighted by Gasteiger charge is 2.18. The molecule has 0 atom stereocenters. The van der Waals surface area contributed by atoms with Crippen molar-refractivity contribution in [1.29, 1.82) is 0 Å². The molecule has 0 unspecified atom stereocenters. The molecule has 0 fully saturated rings. The van der Waals surface area contributed by atoms with E-state index in [9.17, 15) is 9.18 Å². The molecule has 3 aromatic rings. The lowest BCUT2D eigenvalue weighted by Crippen LogP contribution is -2.28. The maximum absolute atomic E-state index is 14.9. The number of carbonyl (C=O) groups is 1. The van der Waals surface area contributed by atoms with Crippen LogP contribution in [0.25, 0.3) is 11.3 Å². The van der Waals surface area contributed by atoms with Gasteiger partial charge in [0.2, 0.25) is 11.9 Å². The summed E-state index contributed by atoms with van der Waals surface area (Å²) in [5.41, 5.74) is 11.8. The van der Waals surface area contributed by atoms with Crippen molar-refractivity contribution in [2.24, 2.45) is 10.9 Å². The van der Waals surface area contributed by atoms with Crippen molar-refractivity contribution in [3.05, 3.63) is 66.1 Å². The number of likely N-dealkylation sites (N-methyl/N-ethyl adjacent to an activating group) is 2. The highest BCUT2D eigenvalue weighted by atomic mass is 19.1. The number of hydrogen-bond donors (Lipinski definition) is 4. The lowest BCUT2D eigenvalue weighted by Gasteiger charge is -2.25. The number of nitrogens with zero attached hydrogens (tertiary/aromatic N) is 4. The topological polar surface area (TPSA) is 121 Å². The molecule has 212 valence electrons. The predicted molar refractivity (Wildman–Crippen MR) is 164 cm³/mol. The molecule has 2 aromatic carbocycles. The average molecular weight is 547 g/mol. The zero-order chi connectivity index (χ0) is 29.4. The van der Waals surface area contributed by atoms with E-state index >= 15 is 0 Å². The molecule has 40 heavy (non-hydrogen) atoms. The zero-order valence-electron chi connectivity index (χ0n) is 24.1. The Bertz CT molecular complexity index is 1400. The molecular formula is C30H39FN8O. The third kappa shape index (κ3) is 7.01. The standard InChI is InChI=1S/C30H39FN8O/c1-8-19-16-26(39(7)13-12-33-5)25(36-27(40)9-2)17-24(19)38-30-35-11-10-23(37-30)20-14-21(28(32)22(31)15-20)29(34-6)18(3)4/h9-11,14-18,33H,2,8,12-13,32H2,1,3-7H3,(H,36,40)(H,35,37,38). The van der Waals surface area contributed by atoms with Gasteiger partial charge >= 0.3 is 0 Å². The maximum Gasteiger partial charge on any atom is 0.247 e. The van der Waals surface area contributed by atoms with Crippen LogP contribution in [-0.2, 0) is 11.2 Å². The van der Waals surface area contributed by atoms with Gasteiger partial charge in [0.05, 0.1) is 22.8 Å². The van der Waals surface area contributed by atoms with Crippen molar-refractivity contribution in [2.45, 2.75) is 27.2 Å². The van der Waals surface area contributed by atoms with Gasteiger partial charge in [-0.05, 0) is 61.4 Å². The van der Waals surface area contributed by atoms with Gasteiger partial charge in [-0.3, -0.25) is 9.79 Å². The van der Waals surface area contributed by atoms with Crippen LogP contribution >= 0.6 is 0 Å². The number of halogens is 1. The van der Waals surface area contributed by atoms with Crippen LogP contribution in [0.3, 0.4) is 0 Å². The van der Waals surface area contributed by atoms with Crippen LogP contribution in [0.15, 0.2) is 54.2 Å². The molecule has 1 heterocycles. The van der Waals surface area contributed by atoms with Gasteiger partial charge in [-0.25, -0.2) is 14.4 Å². The molecule has 0 aliphatic carbocycles. The second-order valence-corrected chi connectivity index (χ2v) is 9.67. The quantitative estimate of drug-likeness (QED) is 0.143. The number of hydrogen-bond acceptors (Lipinski definition) is 8. The van der Waals surface area contributed by atoms with Gasteiger partial charge in [0, 0.05) is 55.9 Å². The zero-order valence-corrected chi connectivity index (χ0v) is 24.1. The number of anilines is 5. The van der Waals surface area contributed by atoms with Crippen LogP contribution in [0.1, 0.15) is 31.9 Å². The second kappa shape index (κ2) is 13.7. The average Bonchev–Trinajstić information content (AvgIpc) is 2.94. The fourth-order valence-electron chi connectivity index (χ4n) is 4.41. The van der Waals surface area contributed by atoms with Crippen molar-refractivity contribution >= 4 is 40.3 Å². The Morgan fingerprint density at radius 3 is 2.62 bits per heavy atom. The highest BCUT2D eigenvalue weighted by molar-refractivity contribution is 6.06. The van der Waals surface area contributed by atoms with Crippen molar-refractivity contribution < 1.29 is 9.18 Å². The molecule has 3 rings (SSSR count). The largest absolute Gasteiger partial charge is 0.396 e. The Hall–Kier alpha value is -4.31. The molecule has 0 spiro atoms. The fraction of sp³-hybridized carbons (Fsp3) is 0.333. The van der Waals surface area contributed by atoms with Gasteiger partial charge in [0.25, 0.3) is 0 Å². The van der Waals surface area contributed by atoms with Crippen LogP contribution in [0.2, 0.25) is 0 Å². The van der Waals surface area contributed by atoms with E-state index in [1.807, 2.05) is 46.1 Å². The highest BCUT2D eigenvalue weighted by Crippen LogP contribution is 2.34. The van der Waals surface area contributed by atoms with E-state index < -0.39 is 5.82 Å². The molecule has 1 amide bonds. The summed E-state index contributed by atoms with van der Waals surface area (Å²) in [5, 5.41) is 9.35. The van der Waals surface area contributed by atoms with E-state index in [1.165, 1.54) is 12.1 Å². The summed E-state index contributed by atoms with van der Waals surface area (Å²) in [7, 11) is 5.54. The third-order valence-electron chi connectivity index (χ3n) is 6.55. The van der Waals surface area contributed by atoms with E-state index in [2.05, 4.69) is 49.3 Å². The SMILES string of the molecule is C=CC(=O)Nc1cc(Nc2nccc(-c3cc(F)c(N)c(C(=NC)C(C)C)c3)n2)c(CC)cc1N(C)CCNC. The summed E-state index contributed by atoms with van der Waals surface area (Å²) >= 11 is 0. The normalized spacial score (nSPS) is 11.4. The summed E-state index contributed by atoms with van der Waals surface area (Å²) in [6.07, 6.45) is 3.58. The molecule has 9 nitrogen and oxygen atoms in total. The number of carbonyl (C=O) groups excluding carboxylic acids is 1. The first-order chi connectivity index (χ1) is 19.1. The van der Waals surface area contributed by atoms with Crippen molar-refractivity contribution in [2.75, 3.05) is 55.5 Å². The maximum atomic E-state index is 14.9. The number of nitrogens with one attached hydrogen (secondary N) is 3. The van der Waals surface area contributed by atoms with Gasteiger partial charge in [-0.1, -0.05) is 27.4 Å². The van der Waals surface area contributed by atoms with Crippen LogP contribution in [-0.4, -0.2) is 55.8 Å². The minimum Gasteiger partial charge on any atom is -0.396 e. The van der Waals surface area contributed by atoms with Gasteiger partial charge < -0.3 is 26.6 Å². The Morgan fingerprint density at radius 2 is 2.00 bits per heavy atom. The van der Waals surface area contributed by atoms with E-state index in [0.29, 0.717) is 34.2 Å². The lowest BCUT2D eigenvalue weighted by atomic mass is 9.95. The summed E-state index contributed by atoms with van der Waals surface area (Å²) in [4.78, 5) is 27.7. The molecule has 10 heteroatoms. The first-order valence-corrected chi connectivity index (χ1v) is 13.3. The minimum atomic E-state index is -0.531. The van der Waals surface area contributed by atoms with Crippen LogP contribution in [0.5, 0.6) is 0 Å². The summed E-state index contributed by atoms with van der Waals surface area (Å²) < 4.78 is 14.9. The number of aromatic nitrogens is 2. The Kier molecular flexibility index (Phi) is 10.3. The molecule has 1 aromatic heterocycles. The molecule has 0 saturated carbocycles. The summed E-state index contributed by atoms with van der Waals surface area (Å²) in [6.45, 7) is 11.1. The monoisotopic (exact) mass is 546 g/mol. The van der Waals surface area contributed by atoms with Crippen molar-refractivity contribution in [3.63, 3.8) is 0 Å². The number of amides is 1. The lowest BCUT2D eigenvalue weighted by molar-refractivity contribution is -0.111. The number of nitrogen functional groups attached to an aromatic ring is 1. The summed E-state index contributed by atoms with van der Waals surface area (Å²) in [6, 6.07) is 8.81. The van der Waals surface area contributed by atoms with E-state index in [4.69, 9.17) is 5.73 Å².